The molecular weight excluding hydrogens is 182 g/mol. The van der Waals surface area contributed by atoms with Gasteiger partial charge < -0.3 is 15.0 Å². The number of nitrogens with two attached hydrogens (primary N) is 1. The minimum atomic E-state index is -0.275. The Kier molecular flexibility index (Phi) is 3.97. The fourth-order valence-electron chi connectivity index (χ4n) is 0.989. The van der Waals surface area contributed by atoms with Gasteiger partial charge in [0.05, 0.1) is 6.61 Å². The minimum absolute atomic E-state index is 0.134. The maximum absolute atomic E-state index is 11.2. The number of anilines is 1. The van der Waals surface area contributed by atoms with E-state index in [1.807, 2.05) is 6.92 Å². The Labute approximate surface area is 82.9 Å². The summed E-state index contributed by atoms with van der Waals surface area (Å²) in [5.74, 6) is 0.0561. The molecule has 0 saturated carbocycles. The largest absolute Gasteiger partial charge is 0.464 e. The lowest BCUT2D eigenvalue weighted by molar-refractivity contribution is -0.144. The number of rotatable bonds is 5. The monoisotopic (exact) mass is 197 g/mol. The highest BCUT2D eigenvalue weighted by atomic mass is 16.5. The third-order valence-corrected chi connectivity index (χ3v) is 1.81. The highest BCUT2D eigenvalue weighted by Crippen LogP contribution is 1.99. The summed E-state index contributed by atoms with van der Waals surface area (Å²) >= 11 is 0. The number of nitrogens with zero attached hydrogens (tertiary/aromatic N) is 2. The highest BCUT2D eigenvalue weighted by Gasteiger charge is 2.05. The number of aromatic nitrogens is 2. The van der Waals surface area contributed by atoms with Crippen LogP contribution in [0.5, 0.6) is 0 Å². The minimum Gasteiger partial charge on any atom is -0.464 e. The van der Waals surface area contributed by atoms with E-state index in [0.717, 1.165) is 12.8 Å². The molecule has 0 radical (unpaired) electrons. The van der Waals surface area contributed by atoms with Crippen molar-refractivity contribution in [2.45, 2.75) is 26.3 Å². The van der Waals surface area contributed by atoms with Crippen molar-refractivity contribution < 1.29 is 9.53 Å². The molecule has 0 fully saturated rings. The number of ether oxygens (including phenoxy) is 1. The van der Waals surface area contributed by atoms with E-state index in [1.54, 1.807) is 17.0 Å². The van der Waals surface area contributed by atoms with Crippen LogP contribution < -0.4 is 5.73 Å². The predicted molar refractivity (Wildman–Crippen MR) is 52.5 cm³/mol. The molecule has 1 heterocycles. The standard InChI is InChI=1S/C9H15N3O2/c1-2-3-6-14-8(13)7-12-5-4-11-9(12)10/h4-5H,2-3,6-7H2,1H3,(H2,10,11). The van der Waals surface area contributed by atoms with E-state index in [4.69, 9.17) is 10.5 Å². The number of carbonyl (C=O) groups is 1. The van der Waals surface area contributed by atoms with Crippen LogP contribution in [-0.4, -0.2) is 22.1 Å². The molecule has 0 atom stereocenters. The maximum Gasteiger partial charge on any atom is 0.326 e. The van der Waals surface area contributed by atoms with Gasteiger partial charge in [0.2, 0.25) is 5.95 Å². The van der Waals surface area contributed by atoms with E-state index in [9.17, 15) is 4.79 Å². The van der Waals surface area contributed by atoms with E-state index in [0.29, 0.717) is 12.6 Å². The third-order valence-electron chi connectivity index (χ3n) is 1.81. The lowest BCUT2D eigenvalue weighted by Crippen LogP contribution is -2.15. The van der Waals surface area contributed by atoms with Gasteiger partial charge in [-0.2, -0.15) is 0 Å². The van der Waals surface area contributed by atoms with E-state index < -0.39 is 0 Å². The lowest BCUT2D eigenvalue weighted by atomic mass is 10.4. The Bertz CT molecular complexity index is 296. The van der Waals surface area contributed by atoms with Crippen molar-refractivity contribution in [3.63, 3.8) is 0 Å². The van der Waals surface area contributed by atoms with Crippen molar-refractivity contribution in [1.29, 1.82) is 0 Å². The Balaban J connectivity index is 2.31. The van der Waals surface area contributed by atoms with Gasteiger partial charge in [0.25, 0.3) is 0 Å². The van der Waals surface area contributed by atoms with Crippen molar-refractivity contribution in [1.82, 2.24) is 9.55 Å². The second-order valence-electron chi connectivity index (χ2n) is 2.99. The van der Waals surface area contributed by atoms with Gasteiger partial charge >= 0.3 is 5.97 Å². The second kappa shape index (κ2) is 5.26. The molecule has 5 nitrogen and oxygen atoms in total. The van der Waals surface area contributed by atoms with Gasteiger partial charge in [0.1, 0.15) is 6.54 Å². The quantitative estimate of drug-likeness (QED) is 0.560. The van der Waals surface area contributed by atoms with Gasteiger partial charge in [-0.05, 0) is 6.42 Å². The molecule has 1 aromatic heterocycles. The normalized spacial score (nSPS) is 10.1. The van der Waals surface area contributed by atoms with Gasteiger partial charge in [-0.25, -0.2) is 4.98 Å². The zero-order valence-electron chi connectivity index (χ0n) is 8.27. The van der Waals surface area contributed by atoms with E-state index in [-0.39, 0.29) is 12.5 Å². The van der Waals surface area contributed by atoms with Crippen molar-refractivity contribution in [3.8, 4) is 0 Å². The number of esters is 1. The van der Waals surface area contributed by atoms with Crippen LogP contribution in [0.2, 0.25) is 0 Å². The number of hydrogen-bond acceptors (Lipinski definition) is 4. The van der Waals surface area contributed by atoms with Crippen LogP contribution in [0.1, 0.15) is 19.8 Å². The fraction of sp³-hybridized carbons (Fsp3) is 0.556. The van der Waals surface area contributed by atoms with Crippen LogP contribution in [-0.2, 0) is 16.1 Å². The molecule has 0 aliphatic carbocycles. The molecule has 78 valence electrons. The molecule has 0 saturated heterocycles. The Morgan fingerprint density at radius 1 is 1.71 bits per heavy atom. The summed E-state index contributed by atoms with van der Waals surface area (Å²) in [6.45, 7) is 2.65. The third kappa shape index (κ3) is 3.08. The molecule has 0 aromatic carbocycles. The number of unbranched alkanes of at least 4 members (excludes halogenated alkanes) is 1. The van der Waals surface area contributed by atoms with Crippen LogP contribution >= 0.6 is 0 Å². The van der Waals surface area contributed by atoms with Gasteiger partial charge in [0.15, 0.2) is 0 Å². The first kappa shape index (κ1) is 10.6. The SMILES string of the molecule is CCCCOC(=O)Cn1ccnc1N. The van der Waals surface area contributed by atoms with Crippen LogP contribution in [0.25, 0.3) is 0 Å². The van der Waals surface area contributed by atoms with Crippen molar-refractivity contribution in [2.24, 2.45) is 0 Å². The molecule has 2 N–H and O–H groups in total. The molecule has 0 spiro atoms. The first-order valence-electron chi connectivity index (χ1n) is 4.66. The first-order valence-corrected chi connectivity index (χ1v) is 4.66. The number of nitrogen functional groups attached to an aromatic ring is 1. The second-order valence-corrected chi connectivity index (χ2v) is 2.99. The summed E-state index contributed by atoms with van der Waals surface area (Å²) in [4.78, 5) is 15.0. The molecule has 0 unspecified atom stereocenters. The predicted octanol–water partition coefficient (Wildman–Crippen LogP) is 0.809. The average Bonchev–Trinajstić information content (AvgIpc) is 2.52. The van der Waals surface area contributed by atoms with Crippen LogP contribution in [0.3, 0.4) is 0 Å². The number of imidazole rings is 1. The Morgan fingerprint density at radius 2 is 2.50 bits per heavy atom. The number of hydrogen-bond donors (Lipinski definition) is 1. The van der Waals surface area contributed by atoms with E-state index in [1.165, 1.54) is 0 Å². The average molecular weight is 197 g/mol. The van der Waals surface area contributed by atoms with Gasteiger partial charge in [-0.3, -0.25) is 4.79 Å². The molecule has 1 aromatic rings. The lowest BCUT2D eigenvalue weighted by Gasteiger charge is -2.05. The van der Waals surface area contributed by atoms with Crippen molar-refractivity contribution >= 4 is 11.9 Å². The topological polar surface area (TPSA) is 70.1 Å². The van der Waals surface area contributed by atoms with E-state index >= 15 is 0 Å². The number of carbonyl (C=O) groups excluding carboxylic acids is 1. The van der Waals surface area contributed by atoms with Crippen LogP contribution in [0.15, 0.2) is 12.4 Å². The summed E-state index contributed by atoms with van der Waals surface area (Å²) < 4.78 is 6.52. The summed E-state index contributed by atoms with van der Waals surface area (Å²) in [5, 5.41) is 0. The van der Waals surface area contributed by atoms with Gasteiger partial charge in [-0.1, -0.05) is 13.3 Å². The van der Waals surface area contributed by atoms with Crippen LogP contribution in [0, 0.1) is 0 Å². The molecule has 0 amide bonds. The molecule has 1 rings (SSSR count). The molecule has 14 heavy (non-hydrogen) atoms. The molecule has 0 aliphatic heterocycles. The van der Waals surface area contributed by atoms with E-state index in [2.05, 4.69) is 4.98 Å². The van der Waals surface area contributed by atoms with Gasteiger partial charge in [-0.15, -0.1) is 0 Å². The van der Waals surface area contributed by atoms with Crippen LogP contribution in [0.4, 0.5) is 5.95 Å². The van der Waals surface area contributed by atoms with Crippen molar-refractivity contribution in [3.05, 3.63) is 12.4 Å². The maximum atomic E-state index is 11.2. The zero-order valence-corrected chi connectivity index (χ0v) is 8.27. The first-order chi connectivity index (χ1) is 6.74. The van der Waals surface area contributed by atoms with Gasteiger partial charge in [0, 0.05) is 12.4 Å². The summed E-state index contributed by atoms with van der Waals surface area (Å²) in [6.07, 6.45) is 5.11. The Morgan fingerprint density at radius 3 is 3.07 bits per heavy atom. The molecule has 5 heteroatoms. The smallest absolute Gasteiger partial charge is 0.326 e. The van der Waals surface area contributed by atoms with Crippen molar-refractivity contribution in [2.75, 3.05) is 12.3 Å². The zero-order chi connectivity index (χ0) is 10.4. The Hall–Kier alpha value is -1.52. The molecule has 0 aliphatic rings. The summed E-state index contributed by atoms with van der Waals surface area (Å²) in [7, 11) is 0. The summed E-state index contributed by atoms with van der Waals surface area (Å²) in [5.41, 5.74) is 5.49. The summed E-state index contributed by atoms with van der Waals surface area (Å²) in [6, 6.07) is 0. The highest BCUT2D eigenvalue weighted by molar-refractivity contribution is 5.69. The molecule has 0 bridgehead atoms. The molecular formula is C9H15N3O2. The fourth-order valence-corrected chi connectivity index (χ4v) is 0.989.